The Hall–Kier alpha value is -2.49. The zero-order chi connectivity index (χ0) is 15.8. The predicted molar refractivity (Wildman–Crippen MR) is 87.6 cm³/mol. The summed E-state index contributed by atoms with van der Waals surface area (Å²) in [4.78, 5) is 14.2. The second-order valence-corrected chi connectivity index (χ2v) is 4.79. The van der Waals surface area contributed by atoms with Gasteiger partial charge in [-0.05, 0) is 31.2 Å². The van der Waals surface area contributed by atoms with Crippen LogP contribution in [0.5, 0.6) is 11.5 Å². The molecule has 0 N–H and O–H groups in total. The minimum absolute atomic E-state index is 0.265. The molecule has 0 saturated carbocycles. The molecule has 0 fully saturated rings. The highest BCUT2D eigenvalue weighted by atomic mass is 16.6. The van der Waals surface area contributed by atoms with Crippen molar-refractivity contribution >= 4 is 11.7 Å². The molecule has 0 amide bonds. The van der Waals surface area contributed by atoms with Crippen LogP contribution < -0.4 is 14.4 Å². The molecular weight excluding hydrogens is 278 g/mol. The lowest BCUT2D eigenvalue weighted by atomic mass is 10.2. The zero-order valence-electron chi connectivity index (χ0n) is 13.0. The van der Waals surface area contributed by atoms with Crippen molar-refractivity contribution in [1.82, 2.24) is 0 Å². The molecule has 4 nitrogen and oxygen atoms in total. The average Bonchev–Trinajstić information content (AvgIpc) is 2.57. The van der Waals surface area contributed by atoms with Crippen LogP contribution in [0.15, 0.2) is 54.6 Å². The first-order chi connectivity index (χ1) is 10.7. The van der Waals surface area contributed by atoms with E-state index in [0.29, 0.717) is 24.5 Å². The van der Waals surface area contributed by atoms with Crippen LogP contribution in [-0.2, 0) is 4.79 Å². The normalized spacial score (nSPS) is 10.1. The van der Waals surface area contributed by atoms with Gasteiger partial charge in [0.15, 0.2) is 11.5 Å². The summed E-state index contributed by atoms with van der Waals surface area (Å²) < 4.78 is 10.6. The Bertz CT molecular complexity index is 598. The predicted octanol–water partition coefficient (Wildman–Crippen LogP) is 3.52. The van der Waals surface area contributed by atoms with Crippen molar-refractivity contribution in [2.45, 2.75) is 13.3 Å². The number of benzene rings is 2. The van der Waals surface area contributed by atoms with Gasteiger partial charge in [-0.3, -0.25) is 4.79 Å². The van der Waals surface area contributed by atoms with E-state index in [4.69, 9.17) is 9.47 Å². The van der Waals surface area contributed by atoms with E-state index in [1.54, 1.807) is 19.2 Å². The van der Waals surface area contributed by atoms with E-state index in [1.807, 2.05) is 42.5 Å². The summed E-state index contributed by atoms with van der Waals surface area (Å²) in [5.41, 5.74) is 1.11. The fourth-order valence-corrected chi connectivity index (χ4v) is 2.21. The molecule has 0 unspecified atom stereocenters. The molecule has 0 heterocycles. The first-order valence-electron chi connectivity index (χ1n) is 7.38. The minimum Gasteiger partial charge on any atom is -0.493 e. The van der Waals surface area contributed by atoms with Gasteiger partial charge in [-0.25, -0.2) is 0 Å². The fraction of sp³-hybridized carbons (Fsp3) is 0.278. The maximum atomic E-state index is 12.0. The molecular formula is C18H21NO3. The van der Waals surface area contributed by atoms with Crippen molar-refractivity contribution in [2.75, 3.05) is 25.1 Å². The van der Waals surface area contributed by atoms with Crippen LogP contribution in [-0.4, -0.2) is 26.2 Å². The Kier molecular flexibility index (Phi) is 5.83. The van der Waals surface area contributed by atoms with Crippen molar-refractivity contribution in [2.24, 2.45) is 0 Å². The van der Waals surface area contributed by atoms with Gasteiger partial charge in [0.25, 0.3) is 0 Å². The summed E-state index contributed by atoms with van der Waals surface area (Å²) in [5.74, 6) is 0.753. The molecule has 4 heteroatoms. The van der Waals surface area contributed by atoms with Crippen molar-refractivity contribution in [1.29, 1.82) is 0 Å². The lowest BCUT2D eigenvalue weighted by Gasteiger charge is -2.22. The maximum Gasteiger partial charge on any atom is 0.313 e. The van der Waals surface area contributed by atoms with Gasteiger partial charge in [0.2, 0.25) is 0 Å². The molecule has 2 aromatic carbocycles. The summed E-state index contributed by atoms with van der Waals surface area (Å²) in [7, 11) is 1.56. The first kappa shape index (κ1) is 15.9. The van der Waals surface area contributed by atoms with Gasteiger partial charge in [-0.15, -0.1) is 0 Å². The fourth-order valence-electron chi connectivity index (χ4n) is 2.21. The van der Waals surface area contributed by atoms with Crippen molar-refractivity contribution in [3.05, 3.63) is 54.6 Å². The second kappa shape index (κ2) is 8.08. The van der Waals surface area contributed by atoms with Crippen LogP contribution in [0.2, 0.25) is 0 Å². The number of hydrogen-bond acceptors (Lipinski definition) is 4. The minimum atomic E-state index is -0.265. The number of carbonyl (C=O) groups is 1. The largest absolute Gasteiger partial charge is 0.493 e. The van der Waals surface area contributed by atoms with Crippen molar-refractivity contribution < 1.29 is 14.3 Å². The van der Waals surface area contributed by atoms with Crippen LogP contribution >= 0.6 is 0 Å². The number of anilines is 1. The van der Waals surface area contributed by atoms with Crippen LogP contribution in [0.25, 0.3) is 0 Å². The van der Waals surface area contributed by atoms with E-state index in [9.17, 15) is 4.79 Å². The van der Waals surface area contributed by atoms with Gasteiger partial charge in [0.1, 0.15) is 0 Å². The molecule has 0 aromatic heterocycles. The lowest BCUT2D eigenvalue weighted by Crippen LogP contribution is -2.26. The summed E-state index contributed by atoms with van der Waals surface area (Å²) in [6.45, 7) is 3.53. The van der Waals surface area contributed by atoms with Gasteiger partial charge in [0, 0.05) is 18.8 Å². The van der Waals surface area contributed by atoms with Crippen LogP contribution in [0.1, 0.15) is 13.3 Å². The Morgan fingerprint density at radius 1 is 1.00 bits per heavy atom. The molecule has 0 saturated heterocycles. The molecule has 116 valence electrons. The molecule has 0 aliphatic heterocycles. The van der Waals surface area contributed by atoms with E-state index in [1.165, 1.54) is 0 Å². The number of esters is 1. The van der Waals surface area contributed by atoms with Gasteiger partial charge >= 0.3 is 5.97 Å². The molecule has 0 aliphatic rings. The number of rotatable bonds is 7. The lowest BCUT2D eigenvalue weighted by molar-refractivity contribution is -0.134. The molecule has 0 radical (unpaired) electrons. The van der Waals surface area contributed by atoms with E-state index >= 15 is 0 Å². The van der Waals surface area contributed by atoms with Gasteiger partial charge in [0.05, 0.1) is 13.5 Å². The third-order valence-corrected chi connectivity index (χ3v) is 3.38. The zero-order valence-corrected chi connectivity index (χ0v) is 13.0. The second-order valence-electron chi connectivity index (χ2n) is 4.79. The van der Waals surface area contributed by atoms with Gasteiger partial charge < -0.3 is 14.4 Å². The molecule has 0 atom stereocenters. The number of hydrogen-bond donors (Lipinski definition) is 0. The standard InChI is InChI=1S/C18H21NO3/c1-3-19(15-9-5-4-6-10-15)14-13-18(20)22-17-12-8-7-11-16(17)21-2/h4-12H,3,13-14H2,1-2H3. The first-order valence-corrected chi connectivity index (χ1v) is 7.38. The quantitative estimate of drug-likeness (QED) is 0.579. The number of methoxy groups -OCH3 is 1. The molecule has 0 spiro atoms. The number of para-hydroxylation sites is 3. The van der Waals surface area contributed by atoms with Gasteiger partial charge in [-0.1, -0.05) is 30.3 Å². The SMILES string of the molecule is CCN(CCC(=O)Oc1ccccc1OC)c1ccccc1. The summed E-state index contributed by atoms with van der Waals surface area (Å²) >= 11 is 0. The Labute approximate surface area is 131 Å². The smallest absolute Gasteiger partial charge is 0.313 e. The van der Waals surface area contributed by atoms with Crippen LogP contribution in [0.4, 0.5) is 5.69 Å². The maximum absolute atomic E-state index is 12.0. The van der Waals surface area contributed by atoms with E-state index < -0.39 is 0 Å². The summed E-state index contributed by atoms with van der Waals surface area (Å²) in [5, 5.41) is 0. The number of nitrogens with zero attached hydrogens (tertiary/aromatic N) is 1. The van der Waals surface area contributed by atoms with Crippen molar-refractivity contribution in [3.63, 3.8) is 0 Å². The Balaban J connectivity index is 1.92. The number of carbonyl (C=O) groups excluding carboxylic acids is 1. The van der Waals surface area contributed by atoms with Gasteiger partial charge in [-0.2, -0.15) is 0 Å². The number of ether oxygens (including phenoxy) is 2. The monoisotopic (exact) mass is 299 g/mol. The third-order valence-electron chi connectivity index (χ3n) is 3.38. The highest BCUT2D eigenvalue weighted by molar-refractivity contribution is 5.74. The molecule has 22 heavy (non-hydrogen) atoms. The molecule has 0 bridgehead atoms. The van der Waals surface area contributed by atoms with Crippen molar-refractivity contribution in [3.8, 4) is 11.5 Å². The third kappa shape index (κ3) is 4.25. The molecule has 0 aliphatic carbocycles. The Morgan fingerprint density at radius 2 is 1.64 bits per heavy atom. The topological polar surface area (TPSA) is 38.8 Å². The summed E-state index contributed by atoms with van der Waals surface area (Å²) in [6.07, 6.45) is 0.320. The van der Waals surface area contributed by atoms with E-state index in [-0.39, 0.29) is 5.97 Å². The highest BCUT2D eigenvalue weighted by Crippen LogP contribution is 2.26. The highest BCUT2D eigenvalue weighted by Gasteiger charge is 2.11. The van der Waals surface area contributed by atoms with Crippen LogP contribution in [0.3, 0.4) is 0 Å². The molecule has 2 rings (SSSR count). The van der Waals surface area contributed by atoms with Crippen LogP contribution in [0, 0.1) is 0 Å². The van der Waals surface area contributed by atoms with E-state index in [2.05, 4.69) is 11.8 Å². The summed E-state index contributed by atoms with van der Waals surface area (Å²) in [6, 6.07) is 17.2. The Morgan fingerprint density at radius 3 is 2.27 bits per heavy atom. The molecule has 2 aromatic rings. The van der Waals surface area contributed by atoms with E-state index in [0.717, 1.165) is 12.2 Å². The average molecular weight is 299 g/mol.